The zero-order valence-corrected chi connectivity index (χ0v) is 12.3. The van der Waals surface area contributed by atoms with Crippen molar-refractivity contribution in [3.05, 3.63) is 57.3 Å². The Bertz CT molecular complexity index is 643. The first-order chi connectivity index (χ1) is 8.99. The molecule has 0 aliphatic rings. The van der Waals surface area contributed by atoms with Crippen LogP contribution in [0.1, 0.15) is 17.3 Å². The molecule has 0 unspecified atom stereocenters. The second-order valence-electron chi connectivity index (χ2n) is 3.86. The van der Waals surface area contributed by atoms with E-state index in [1.54, 1.807) is 24.3 Å². The summed E-state index contributed by atoms with van der Waals surface area (Å²) in [5, 5.41) is -0.00558. The van der Waals surface area contributed by atoms with Gasteiger partial charge in [-0.05, 0) is 53.2 Å². The Morgan fingerprint density at radius 3 is 2.63 bits per heavy atom. The van der Waals surface area contributed by atoms with Crippen molar-refractivity contribution in [2.45, 2.75) is 6.92 Å². The summed E-state index contributed by atoms with van der Waals surface area (Å²) in [5.41, 5.74) is 0.547. The van der Waals surface area contributed by atoms with Crippen molar-refractivity contribution in [1.82, 2.24) is 0 Å². The molecule has 0 N–H and O–H groups in total. The summed E-state index contributed by atoms with van der Waals surface area (Å²) in [5.74, 6) is -0.233. The van der Waals surface area contributed by atoms with E-state index in [9.17, 15) is 9.18 Å². The number of hydrogen-bond donors (Lipinski definition) is 0. The fourth-order valence-electron chi connectivity index (χ4n) is 1.48. The molecule has 0 aromatic heterocycles. The van der Waals surface area contributed by atoms with Crippen LogP contribution in [0.5, 0.6) is 11.5 Å². The van der Waals surface area contributed by atoms with Crippen molar-refractivity contribution in [3.63, 3.8) is 0 Å². The second-order valence-corrected chi connectivity index (χ2v) is 5.12. The summed E-state index contributed by atoms with van der Waals surface area (Å²) < 4.78 is 19.7. The fraction of sp³-hybridized carbons (Fsp3) is 0.0714. The third-order valence-electron chi connectivity index (χ3n) is 2.47. The van der Waals surface area contributed by atoms with Gasteiger partial charge in [0.2, 0.25) is 0 Å². The fourth-order valence-corrected chi connectivity index (χ4v) is 2.11. The van der Waals surface area contributed by atoms with Gasteiger partial charge in [0.1, 0.15) is 5.75 Å². The number of halogens is 3. The predicted molar refractivity (Wildman–Crippen MR) is 75.6 cm³/mol. The van der Waals surface area contributed by atoms with Crippen LogP contribution in [0.2, 0.25) is 5.02 Å². The van der Waals surface area contributed by atoms with Gasteiger partial charge in [-0.3, -0.25) is 4.79 Å². The van der Waals surface area contributed by atoms with Crippen LogP contribution >= 0.6 is 27.5 Å². The maximum absolute atomic E-state index is 13.7. The van der Waals surface area contributed by atoms with E-state index in [1.807, 2.05) is 0 Å². The average Bonchev–Trinajstić information content (AvgIpc) is 2.37. The zero-order chi connectivity index (χ0) is 14.0. The van der Waals surface area contributed by atoms with Crippen molar-refractivity contribution in [2.75, 3.05) is 0 Å². The Morgan fingerprint density at radius 2 is 2.00 bits per heavy atom. The number of rotatable bonds is 3. The Morgan fingerprint density at radius 1 is 1.26 bits per heavy atom. The largest absolute Gasteiger partial charge is 0.453 e. The molecule has 98 valence electrons. The van der Waals surface area contributed by atoms with E-state index in [1.165, 1.54) is 19.1 Å². The molecule has 0 heterocycles. The SMILES string of the molecule is CC(=O)c1ccc(Oc2cccc(Cl)c2F)c(Br)c1. The summed E-state index contributed by atoms with van der Waals surface area (Å²) in [6.07, 6.45) is 0. The first-order valence-electron chi connectivity index (χ1n) is 5.41. The standard InChI is InChI=1S/C14H9BrClFO2/c1-8(18)9-5-6-12(10(15)7-9)19-13-4-2-3-11(16)14(13)17/h2-7H,1H3. The van der Waals surface area contributed by atoms with Gasteiger partial charge in [0, 0.05) is 5.56 Å². The molecule has 19 heavy (non-hydrogen) atoms. The summed E-state index contributed by atoms with van der Waals surface area (Å²) in [4.78, 5) is 11.2. The molecule has 0 radical (unpaired) electrons. The highest BCUT2D eigenvalue weighted by Crippen LogP contribution is 2.33. The minimum absolute atomic E-state index is 0.00558. The molecule has 0 fully saturated rings. The highest BCUT2D eigenvalue weighted by atomic mass is 79.9. The van der Waals surface area contributed by atoms with Crippen LogP contribution in [-0.2, 0) is 0 Å². The van der Waals surface area contributed by atoms with Gasteiger partial charge < -0.3 is 4.74 Å². The molecule has 0 aliphatic carbocycles. The van der Waals surface area contributed by atoms with E-state index in [0.717, 1.165) is 0 Å². The molecular weight excluding hydrogens is 335 g/mol. The van der Waals surface area contributed by atoms with Gasteiger partial charge in [-0.1, -0.05) is 17.7 Å². The lowest BCUT2D eigenvalue weighted by Gasteiger charge is -2.10. The van der Waals surface area contributed by atoms with E-state index < -0.39 is 5.82 Å². The van der Waals surface area contributed by atoms with Gasteiger partial charge in [0.05, 0.1) is 9.50 Å². The van der Waals surface area contributed by atoms with E-state index in [-0.39, 0.29) is 16.6 Å². The lowest BCUT2D eigenvalue weighted by atomic mass is 10.1. The number of Topliss-reactive ketones (excluding diaryl/α,β-unsaturated/α-hetero) is 1. The summed E-state index contributed by atoms with van der Waals surface area (Å²) in [6.45, 7) is 1.47. The zero-order valence-electron chi connectivity index (χ0n) is 9.91. The molecule has 5 heteroatoms. The topological polar surface area (TPSA) is 26.3 Å². The molecule has 0 saturated carbocycles. The van der Waals surface area contributed by atoms with E-state index in [0.29, 0.717) is 15.8 Å². The Labute approximate surface area is 123 Å². The molecule has 0 spiro atoms. The number of ether oxygens (including phenoxy) is 1. The Hall–Kier alpha value is -1.39. The predicted octanol–water partition coefficient (Wildman–Crippen LogP) is 5.24. The van der Waals surface area contributed by atoms with Crippen LogP contribution in [0.15, 0.2) is 40.9 Å². The van der Waals surface area contributed by atoms with Crippen LogP contribution < -0.4 is 4.74 Å². The molecule has 0 aliphatic heterocycles. The van der Waals surface area contributed by atoms with Gasteiger partial charge in [-0.15, -0.1) is 0 Å². The minimum atomic E-state index is -0.619. The number of carbonyl (C=O) groups is 1. The third-order valence-corrected chi connectivity index (χ3v) is 3.39. The van der Waals surface area contributed by atoms with Crippen molar-refractivity contribution in [3.8, 4) is 11.5 Å². The molecule has 0 atom stereocenters. The van der Waals surface area contributed by atoms with Crippen LogP contribution in [-0.4, -0.2) is 5.78 Å². The van der Waals surface area contributed by atoms with Gasteiger partial charge >= 0.3 is 0 Å². The Balaban J connectivity index is 2.34. The third kappa shape index (κ3) is 3.14. The lowest BCUT2D eigenvalue weighted by Crippen LogP contribution is -1.94. The van der Waals surface area contributed by atoms with Crippen LogP contribution in [0.25, 0.3) is 0 Å². The monoisotopic (exact) mass is 342 g/mol. The molecular formula is C14H9BrClFO2. The molecule has 2 aromatic rings. The molecule has 2 rings (SSSR count). The van der Waals surface area contributed by atoms with Crippen LogP contribution in [0, 0.1) is 5.82 Å². The smallest absolute Gasteiger partial charge is 0.184 e. The first kappa shape index (κ1) is 14.0. The minimum Gasteiger partial charge on any atom is -0.453 e. The van der Waals surface area contributed by atoms with Crippen molar-refractivity contribution in [2.24, 2.45) is 0 Å². The number of carbonyl (C=O) groups excluding carboxylic acids is 1. The number of hydrogen-bond acceptors (Lipinski definition) is 2. The van der Waals surface area contributed by atoms with Gasteiger partial charge in [-0.25, -0.2) is 4.39 Å². The number of ketones is 1. The van der Waals surface area contributed by atoms with Crippen molar-refractivity contribution in [1.29, 1.82) is 0 Å². The normalized spacial score (nSPS) is 10.3. The lowest BCUT2D eigenvalue weighted by molar-refractivity contribution is 0.101. The van der Waals surface area contributed by atoms with E-state index in [2.05, 4.69) is 15.9 Å². The van der Waals surface area contributed by atoms with E-state index in [4.69, 9.17) is 16.3 Å². The molecule has 2 nitrogen and oxygen atoms in total. The highest BCUT2D eigenvalue weighted by Gasteiger charge is 2.11. The highest BCUT2D eigenvalue weighted by molar-refractivity contribution is 9.10. The number of benzene rings is 2. The molecule has 0 amide bonds. The van der Waals surface area contributed by atoms with Gasteiger partial charge in [0.25, 0.3) is 0 Å². The van der Waals surface area contributed by atoms with Crippen LogP contribution in [0.4, 0.5) is 4.39 Å². The summed E-state index contributed by atoms with van der Waals surface area (Å²) in [6, 6.07) is 9.36. The Kier molecular flexibility index (Phi) is 4.22. The molecule has 0 saturated heterocycles. The second kappa shape index (κ2) is 5.72. The van der Waals surface area contributed by atoms with Crippen LogP contribution in [0.3, 0.4) is 0 Å². The van der Waals surface area contributed by atoms with Gasteiger partial charge in [0.15, 0.2) is 17.3 Å². The average molecular weight is 344 g/mol. The molecule has 2 aromatic carbocycles. The van der Waals surface area contributed by atoms with Crippen molar-refractivity contribution >= 4 is 33.3 Å². The summed E-state index contributed by atoms with van der Waals surface area (Å²) >= 11 is 8.96. The van der Waals surface area contributed by atoms with Crippen molar-refractivity contribution < 1.29 is 13.9 Å². The van der Waals surface area contributed by atoms with Gasteiger partial charge in [-0.2, -0.15) is 0 Å². The molecule has 0 bridgehead atoms. The maximum Gasteiger partial charge on any atom is 0.184 e. The summed E-state index contributed by atoms with van der Waals surface area (Å²) in [7, 11) is 0. The maximum atomic E-state index is 13.7. The quantitative estimate of drug-likeness (QED) is 0.713. The first-order valence-corrected chi connectivity index (χ1v) is 6.58. The van der Waals surface area contributed by atoms with E-state index >= 15 is 0 Å².